The van der Waals surface area contributed by atoms with Gasteiger partial charge in [-0.05, 0) is 25.5 Å². The van der Waals surface area contributed by atoms with Crippen molar-refractivity contribution in [3.8, 4) is 11.5 Å². The maximum Gasteiger partial charge on any atom is 0.200 e. The fraction of sp³-hybridized carbons (Fsp3) is 0.375. The molecule has 0 bridgehead atoms. The third-order valence-electron chi connectivity index (χ3n) is 3.47. The fourth-order valence-corrected chi connectivity index (χ4v) is 3.53. The van der Waals surface area contributed by atoms with E-state index < -0.39 is 6.10 Å². The topological polar surface area (TPSA) is 76.7 Å². The summed E-state index contributed by atoms with van der Waals surface area (Å²) in [6.45, 7) is 4.36. The lowest BCUT2D eigenvalue weighted by molar-refractivity contribution is 0.144. The predicted molar refractivity (Wildman–Crippen MR) is 96.0 cm³/mol. The average Bonchev–Trinajstić information content (AvgIpc) is 3.20. The number of hydrogen-bond acceptors (Lipinski definition) is 7. The lowest BCUT2D eigenvalue weighted by atomic mass is 10.3. The van der Waals surface area contributed by atoms with Gasteiger partial charge < -0.3 is 5.11 Å². The molecule has 1 atom stereocenters. The summed E-state index contributed by atoms with van der Waals surface area (Å²) in [5, 5.41) is 17.5. The average molecular weight is 361 g/mol. The van der Waals surface area contributed by atoms with Crippen LogP contribution in [0.5, 0.6) is 0 Å². The Kier molecular flexibility index (Phi) is 5.60. The molecule has 3 aromatic heterocycles. The van der Waals surface area contributed by atoms with E-state index in [9.17, 15) is 5.11 Å². The van der Waals surface area contributed by atoms with E-state index in [1.54, 1.807) is 40.2 Å². The number of aliphatic hydroxyl groups excluding tert-OH is 1. The minimum absolute atomic E-state index is 0.429. The normalized spacial score (nSPS) is 12.5. The highest BCUT2D eigenvalue weighted by Gasteiger charge is 2.16. The largest absolute Gasteiger partial charge is 0.391 e. The molecule has 0 amide bonds. The molecular formula is C16H19N5OS2. The first-order chi connectivity index (χ1) is 11.7. The molecular weight excluding hydrogens is 342 g/mol. The molecule has 0 radical (unpaired) electrons. The second-order valence-electron chi connectivity index (χ2n) is 5.32. The summed E-state index contributed by atoms with van der Waals surface area (Å²) in [5.41, 5.74) is 0.789. The van der Waals surface area contributed by atoms with Gasteiger partial charge in [0, 0.05) is 22.7 Å². The molecule has 1 N–H and O–H groups in total. The first kappa shape index (κ1) is 17.1. The molecule has 0 saturated carbocycles. The number of aryl methyl sites for hydroxylation is 1. The van der Waals surface area contributed by atoms with Crippen molar-refractivity contribution in [1.29, 1.82) is 0 Å². The molecule has 6 nitrogen and oxygen atoms in total. The van der Waals surface area contributed by atoms with Crippen LogP contribution < -0.4 is 0 Å². The summed E-state index contributed by atoms with van der Waals surface area (Å²) in [6, 6.07) is 3.94. The molecule has 3 rings (SSSR count). The Balaban J connectivity index is 1.83. The van der Waals surface area contributed by atoms with Crippen LogP contribution in [0.2, 0.25) is 0 Å². The first-order valence-corrected chi connectivity index (χ1v) is 9.59. The number of nitrogens with zero attached hydrogens (tertiary/aromatic N) is 5. The highest BCUT2D eigenvalue weighted by atomic mass is 32.2. The molecule has 126 valence electrons. The molecule has 0 saturated heterocycles. The van der Waals surface area contributed by atoms with Crippen LogP contribution in [0.15, 0.2) is 34.8 Å². The quantitative estimate of drug-likeness (QED) is 0.651. The van der Waals surface area contributed by atoms with E-state index in [1.165, 1.54) is 0 Å². The van der Waals surface area contributed by atoms with Crippen molar-refractivity contribution in [2.75, 3.05) is 0 Å². The summed E-state index contributed by atoms with van der Waals surface area (Å²) >= 11 is 3.25. The van der Waals surface area contributed by atoms with Crippen LogP contribution in [0.3, 0.4) is 0 Å². The summed E-state index contributed by atoms with van der Waals surface area (Å²) in [5.74, 6) is 2.13. The summed E-state index contributed by atoms with van der Waals surface area (Å²) in [4.78, 5) is 14.3. The monoisotopic (exact) mass is 361 g/mol. The standard InChI is InChI=1S/C16H19N5OS2/c1-3-12(22)8-21-15(10-24-13-4-6-17-7-5-13)19-16(20-21)14-9-23-11(2)18-14/h4-7,9,12,22H,3,8,10H2,1-2H3/t12-/m0/s1. The summed E-state index contributed by atoms with van der Waals surface area (Å²) in [7, 11) is 0. The van der Waals surface area contributed by atoms with Gasteiger partial charge in [-0.2, -0.15) is 0 Å². The van der Waals surface area contributed by atoms with Crippen molar-refractivity contribution < 1.29 is 5.11 Å². The van der Waals surface area contributed by atoms with Crippen molar-refractivity contribution in [1.82, 2.24) is 24.7 Å². The molecule has 0 aromatic carbocycles. The van der Waals surface area contributed by atoms with E-state index in [-0.39, 0.29) is 0 Å². The minimum atomic E-state index is -0.429. The third-order valence-corrected chi connectivity index (χ3v) is 5.25. The smallest absolute Gasteiger partial charge is 0.200 e. The molecule has 0 aliphatic carbocycles. The number of thiazole rings is 1. The van der Waals surface area contributed by atoms with Crippen LogP contribution in [0.25, 0.3) is 11.5 Å². The molecule has 0 unspecified atom stereocenters. The Morgan fingerprint density at radius 1 is 1.29 bits per heavy atom. The molecule has 24 heavy (non-hydrogen) atoms. The SMILES string of the molecule is CC[C@H](O)Cn1nc(-c2csc(C)n2)nc1CSc1ccncc1. The van der Waals surface area contributed by atoms with Crippen molar-refractivity contribution in [2.45, 2.75) is 43.6 Å². The molecule has 0 fully saturated rings. The van der Waals surface area contributed by atoms with E-state index in [0.717, 1.165) is 21.4 Å². The van der Waals surface area contributed by atoms with Crippen LogP contribution >= 0.6 is 23.1 Å². The zero-order valence-corrected chi connectivity index (χ0v) is 15.2. The van der Waals surface area contributed by atoms with Gasteiger partial charge in [-0.15, -0.1) is 28.2 Å². The van der Waals surface area contributed by atoms with Gasteiger partial charge in [0.05, 0.1) is 23.4 Å². The number of rotatable bonds is 7. The summed E-state index contributed by atoms with van der Waals surface area (Å²) in [6.07, 6.45) is 3.80. The van der Waals surface area contributed by atoms with Crippen molar-refractivity contribution in [3.05, 3.63) is 40.7 Å². The number of thioether (sulfide) groups is 1. The second kappa shape index (κ2) is 7.87. The van der Waals surface area contributed by atoms with Gasteiger partial charge >= 0.3 is 0 Å². The van der Waals surface area contributed by atoms with Crippen LogP contribution in [-0.2, 0) is 12.3 Å². The Labute approximate surface area is 149 Å². The maximum absolute atomic E-state index is 9.99. The maximum atomic E-state index is 9.99. The Morgan fingerprint density at radius 2 is 2.08 bits per heavy atom. The number of hydrogen-bond donors (Lipinski definition) is 1. The van der Waals surface area contributed by atoms with E-state index >= 15 is 0 Å². The van der Waals surface area contributed by atoms with Gasteiger partial charge in [0.15, 0.2) is 0 Å². The molecule has 0 spiro atoms. The predicted octanol–water partition coefficient (Wildman–Crippen LogP) is 3.17. The highest BCUT2D eigenvalue weighted by molar-refractivity contribution is 7.98. The van der Waals surface area contributed by atoms with Gasteiger partial charge in [-0.25, -0.2) is 14.6 Å². The number of aliphatic hydroxyl groups is 1. The van der Waals surface area contributed by atoms with Gasteiger partial charge in [-0.3, -0.25) is 4.98 Å². The van der Waals surface area contributed by atoms with Crippen molar-refractivity contribution >= 4 is 23.1 Å². The molecule has 8 heteroatoms. The van der Waals surface area contributed by atoms with E-state index in [2.05, 4.69) is 20.1 Å². The first-order valence-electron chi connectivity index (χ1n) is 7.72. The van der Waals surface area contributed by atoms with Crippen molar-refractivity contribution in [3.63, 3.8) is 0 Å². The second-order valence-corrected chi connectivity index (χ2v) is 7.43. The van der Waals surface area contributed by atoms with Crippen LogP contribution in [0, 0.1) is 6.92 Å². The van der Waals surface area contributed by atoms with Gasteiger partial charge in [0.1, 0.15) is 11.5 Å². The molecule has 3 heterocycles. The zero-order chi connectivity index (χ0) is 16.9. The Hall–Kier alpha value is -1.77. The Bertz CT molecular complexity index is 787. The lowest BCUT2D eigenvalue weighted by Crippen LogP contribution is -2.17. The zero-order valence-electron chi connectivity index (χ0n) is 13.6. The molecule has 3 aromatic rings. The third kappa shape index (κ3) is 4.19. The van der Waals surface area contributed by atoms with Gasteiger partial charge in [0.2, 0.25) is 5.82 Å². The lowest BCUT2D eigenvalue weighted by Gasteiger charge is -2.09. The van der Waals surface area contributed by atoms with Gasteiger partial charge in [0.25, 0.3) is 0 Å². The number of aromatic nitrogens is 5. The van der Waals surface area contributed by atoms with E-state index in [4.69, 9.17) is 0 Å². The van der Waals surface area contributed by atoms with E-state index in [0.29, 0.717) is 24.5 Å². The molecule has 0 aliphatic rings. The van der Waals surface area contributed by atoms with Crippen LogP contribution in [0.4, 0.5) is 0 Å². The molecule has 0 aliphatic heterocycles. The fourth-order valence-electron chi connectivity index (χ4n) is 2.11. The van der Waals surface area contributed by atoms with Crippen LogP contribution in [-0.4, -0.2) is 35.9 Å². The summed E-state index contributed by atoms with van der Waals surface area (Å²) < 4.78 is 1.80. The minimum Gasteiger partial charge on any atom is -0.391 e. The van der Waals surface area contributed by atoms with Crippen LogP contribution in [0.1, 0.15) is 24.2 Å². The van der Waals surface area contributed by atoms with E-state index in [1.807, 2.05) is 31.4 Å². The number of pyridine rings is 1. The van der Waals surface area contributed by atoms with Crippen molar-refractivity contribution in [2.24, 2.45) is 0 Å². The Morgan fingerprint density at radius 3 is 2.75 bits per heavy atom. The van der Waals surface area contributed by atoms with Gasteiger partial charge in [-0.1, -0.05) is 6.92 Å². The highest BCUT2D eigenvalue weighted by Crippen LogP contribution is 2.24.